The van der Waals surface area contributed by atoms with Gasteiger partial charge < -0.3 is 15.2 Å². The van der Waals surface area contributed by atoms with Crippen molar-refractivity contribution in [1.29, 1.82) is 0 Å². The van der Waals surface area contributed by atoms with Crippen LogP contribution in [0.5, 0.6) is 0 Å². The molecule has 3 aliphatic heterocycles. The van der Waals surface area contributed by atoms with Crippen molar-refractivity contribution in [3.8, 4) is 22.4 Å². The fourth-order valence-corrected chi connectivity index (χ4v) is 4.00. The summed E-state index contributed by atoms with van der Waals surface area (Å²) in [4.78, 5) is 10.6. The van der Waals surface area contributed by atoms with E-state index in [4.69, 9.17) is 4.98 Å². The molecular formula is C19H22N6. The Kier molecular flexibility index (Phi) is 3.38. The summed E-state index contributed by atoms with van der Waals surface area (Å²) in [6, 6.07) is 7.70. The molecule has 25 heavy (non-hydrogen) atoms. The van der Waals surface area contributed by atoms with E-state index in [1.165, 1.54) is 12.8 Å². The molecule has 0 amide bonds. The zero-order valence-corrected chi connectivity index (χ0v) is 14.3. The molecule has 3 aromatic heterocycles. The normalized spacial score (nSPS) is 22.5. The zero-order chi connectivity index (χ0) is 16.8. The Morgan fingerprint density at radius 2 is 2.08 bits per heavy atom. The van der Waals surface area contributed by atoms with E-state index in [9.17, 15) is 0 Å². The summed E-state index contributed by atoms with van der Waals surface area (Å²) < 4.78 is 1.81. The lowest BCUT2D eigenvalue weighted by Crippen LogP contribution is -2.61. The summed E-state index contributed by atoms with van der Waals surface area (Å²) in [7, 11) is 1.93. The molecule has 2 N–H and O–H groups in total. The van der Waals surface area contributed by atoms with Gasteiger partial charge in [-0.3, -0.25) is 4.68 Å². The number of nitrogens with one attached hydrogen (secondary N) is 2. The molecule has 3 aromatic rings. The molecule has 6 heterocycles. The van der Waals surface area contributed by atoms with E-state index in [1.807, 2.05) is 36.5 Å². The van der Waals surface area contributed by atoms with Gasteiger partial charge in [0.15, 0.2) is 0 Å². The molecule has 0 saturated carbocycles. The van der Waals surface area contributed by atoms with E-state index in [0.29, 0.717) is 12.1 Å². The Bertz CT molecular complexity index is 869. The zero-order valence-electron chi connectivity index (χ0n) is 14.3. The summed E-state index contributed by atoms with van der Waals surface area (Å²) in [6.45, 7) is 2.16. The SMILES string of the molecule is Cn1cc(-c2cc(-c3ccc(N4CC5CCC4CN5)nc3)c[nH]2)cn1. The van der Waals surface area contributed by atoms with Gasteiger partial charge >= 0.3 is 0 Å². The van der Waals surface area contributed by atoms with Crippen LogP contribution in [0.25, 0.3) is 22.4 Å². The Labute approximate surface area is 146 Å². The van der Waals surface area contributed by atoms with Gasteiger partial charge in [0.1, 0.15) is 5.82 Å². The van der Waals surface area contributed by atoms with Crippen molar-refractivity contribution in [2.24, 2.45) is 7.05 Å². The van der Waals surface area contributed by atoms with Crippen LogP contribution in [0.2, 0.25) is 0 Å². The number of aryl methyl sites for hydroxylation is 1. The quantitative estimate of drug-likeness (QED) is 0.772. The molecule has 0 radical (unpaired) electrons. The average Bonchev–Trinajstić information content (AvgIpc) is 3.32. The Morgan fingerprint density at radius 3 is 2.72 bits per heavy atom. The van der Waals surface area contributed by atoms with Crippen LogP contribution >= 0.6 is 0 Å². The van der Waals surface area contributed by atoms with Crippen molar-refractivity contribution < 1.29 is 0 Å². The number of hydrogen-bond donors (Lipinski definition) is 2. The van der Waals surface area contributed by atoms with Crippen LogP contribution < -0.4 is 10.2 Å². The van der Waals surface area contributed by atoms with E-state index in [1.54, 1.807) is 0 Å². The van der Waals surface area contributed by atoms with E-state index >= 15 is 0 Å². The molecule has 2 atom stereocenters. The number of nitrogens with zero attached hydrogens (tertiary/aromatic N) is 4. The summed E-state index contributed by atoms with van der Waals surface area (Å²) in [5.41, 5.74) is 4.46. The van der Waals surface area contributed by atoms with Crippen molar-refractivity contribution in [3.05, 3.63) is 43.0 Å². The van der Waals surface area contributed by atoms with Gasteiger partial charge in [0, 0.05) is 73.2 Å². The number of rotatable bonds is 3. The third kappa shape index (κ3) is 2.62. The maximum atomic E-state index is 4.75. The molecule has 0 aliphatic carbocycles. The van der Waals surface area contributed by atoms with E-state index in [2.05, 4.69) is 38.5 Å². The first-order valence-electron chi connectivity index (χ1n) is 8.90. The number of anilines is 1. The molecule has 2 unspecified atom stereocenters. The monoisotopic (exact) mass is 334 g/mol. The number of piperidine rings is 2. The molecule has 3 fully saturated rings. The third-order valence-corrected chi connectivity index (χ3v) is 5.42. The molecule has 3 saturated heterocycles. The summed E-state index contributed by atoms with van der Waals surface area (Å²) in [6.07, 6.45) is 10.5. The molecule has 6 heteroatoms. The molecule has 3 aliphatic rings. The minimum Gasteiger partial charge on any atom is -0.360 e. The van der Waals surface area contributed by atoms with E-state index < -0.39 is 0 Å². The lowest BCUT2D eigenvalue weighted by Gasteiger charge is -2.46. The molecular weight excluding hydrogens is 312 g/mol. The van der Waals surface area contributed by atoms with E-state index in [0.717, 1.165) is 41.3 Å². The van der Waals surface area contributed by atoms with E-state index in [-0.39, 0.29) is 0 Å². The van der Waals surface area contributed by atoms with Crippen LogP contribution in [0.1, 0.15) is 12.8 Å². The summed E-state index contributed by atoms with van der Waals surface area (Å²) >= 11 is 0. The minimum atomic E-state index is 0.591. The minimum absolute atomic E-state index is 0.591. The Morgan fingerprint density at radius 1 is 1.12 bits per heavy atom. The molecule has 0 spiro atoms. The van der Waals surface area contributed by atoms with Crippen molar-refractivity contribution in [2.75, 3.05) is 18.0 Å². The van der Waals surface area contributed by atoms with Gasteiger partial charge in [0.05, 0.1) is 6.20 Å². The van der Waals surface area contributed by atoms with Gasteiger partial charge in [-0.1, -0.05) is 0 Å². The van der Waals surface area contributed by atoms with Gasteiger partial charge in [-0.15, -0.1) is 0 Å². The number of piperazine rings is 1. The second kappa shape index (κ2) is 5.74. The van der Waals surface area contributed by atoms with Crippen LogP contribution in [0.3, 0.4) is 0 Å². The highest BCUT2D eigenvalue weighted by Crippen LogP contribution is 2.29. The van der Waals surface area contributed by atoms with Gasteiger partial charge in [0.2, 0.25) is 0 Å². The first-order valence-corrected chi connectivity index (χ1v) is 8.90. The second-order valence-electron chi connectivity index (χ2n) is 7.10. The predicted octanol–water partition coefficient (Wildman–Crippen LogP) is 2.42. The number of aromatic amines is 1. The van der Waals surface area contributed by atoms with Crippen LogP contribution in [-0.2, 0) is 7.05 Å². The maximum absolute atomic E-state index is 4.75. The van der Waals surface area contributed by atoms with Crippen molar-refractivity contribution in [2.45, 2.75) is 24.9 Å². The number of H-pyrrole nitrogens is 1. The molecule has 0 aromatic carbocycles. The topological polar surface area (TPSA) is 61.8 Å². The molecule has 2 bridgehead atoms. The molecule has 6 rings (SSSR count). The fraction of sp³-hybridized carbons (Fsp3) is 0.368. The van der Waals surface area contributed by atoms with Crippen LogP contribution in [-0.4, -0.2) is 44.9 Å². The number of pyridine rings is 1. The van der Waals surface area contributed by atoms with Gasteiger partial charge in [-0.2, -0.15) is 5.10 Å². The lowest BCUT2D eigenvalue weighted by atomic mass is 9.93. The highest BCUT2D eigenvalue weighted by atomic mass is 15.3. The standard InChI is InChI=1S/C19H22N6/c1-24-11-15(9-23-24)18-6-14(8-21-18)13-2-5-19(22-7-13)25-12-16-3-4-17(25)10-20-16/h2,5-9,11,16-17,20-21H,3-4,10,12H2,1H3. The summed E-state index contributed by atoms with van der Waals surface area (Å²) in [5, 5.41) is 7.83. The van der Waals surface area contributed by atoms with Gasteiger partial charge in [-0.05, 0) is 31.0 Å². The van der Waals surface area contributed by atoms with Crippen molar-refractivity contribution in [1.82, 2.24) is 25.1 Å². The smallest absolute Gasteiger partial charge is 0.128 e. The Balaban J connectivity index is 1.38. The fourth-order valence-electron chi connectivity index (χ4n) is 4.00. The Hall–Kier alpha value is -2.60. The van der Waals surface area contributed by atoms with Gasteiger partial charge in [0.25, 0.3) is 0 Å². The first kappa shape index (κ1) is 14.7. The summed E-state index contributed by atoms with van der Waals surface area (Å²) in [5.74, 6) is 1.10. The van der Waals surface area contributed by atoms with Crippen LogP contribution in [0.15, 0.2) is 43.0 Å². The first-order chi connectivity index (χ1) is 12.3. The van der Waals surface area contributed by atoms with Gasteiger partial charge in [-0.25, -0.2) is 4.98 Å². The van der Waals surface area contributed by atoms with Crippen molar-refractivity contribution in [3.63, 3.8) is 0 Å². The highest BCUT2D eigenvalue weighted by molar-refractivity contribution is 5.71. The lowest BCUT2D eigenvalue weighted by molar-refractivity contribution is 0.289. The number of fused-ring (bicyclic) bond motifs is 3. The largest absolute Gasteiger partial charge is 0.360 e. The third-order valence-electron chi connectivity index (χ3n) is 5.42. The number of aromatic nitrogens is 4. The second-order valence-corrected chi connectivity index (χ2v) is 7.10. The maximum Gasteiger partial charge on any atom is 0.128 e. The molecule has 6 nitrogen and oxygen atoms in total. The number of hydrogen-bond acceptors (Lipinski definition) is 4. The van der Waals surface area contributed by atoms with Crippen molar-refractivity contribution >= 4 is 5.82 Å². The highest BCUT2D eigenvalue weighted by Gasteiger charge is 2.33. The molecule has 128 valence electrons. The average molecular weight is 334 g/mol. The van der Waals surface area contributed by atoms with Crippen LogP contribution in [0.4, 0.5) is 5.82 Å². The predicted molar refractivity (Wildman–Crippen MR) is 98.4 cm³/mol. The van der Waals surface area contributed by atoms with Crippen LogP contribution in [0, 0.1) is 0 Å².